The fourth-order valence-electron chi connectivity index (χ4n) is 1.88. The third-order valence-electron chi connectivity index (χ3n) is 3.01. The van der Waals surface area contributed by atoms with Gasteiger partial charge in [0.2, 0.25) is 5.91 Å². The third kappa shape index (κ3) is 13.7. The van der Waals surface area contributed by atoms with E-state index in [1.165, 1.54) is 0 Å². The van der Waals surface area contributed by atoms with Gasteiger partial charge in [-0.15, -0.1) is 0 Å². The van der Waals surface area contributed by atoms with E-state index in [0.29, 0.717) is 5.92 Å². The number of carbonyl (C=O) groups excluding carboxylic acids is 2. The molecule has 7 heteroatoms. The van der Waals surface area contributed by atoms with Crippen LogP contribution < -0.4 is 5.32 Å². The molecule has 1 amide bonds. The van der Waals surface area contributed by atoms with E-state index in [4.69, 9.17) is 0 Å². The number of carbonyl (C=O) groups is 2. The molecule has 1 N–H and O–H groups in total. The molecule has 0 radical (unpaired) electrons. The van der Waals surface area contributed by atoms with Crippen LogP contribution >= 0.6 is 0 Å². The molecule has 0 unspecified atom stereocenters. The van der Waals surface area contributed by atoms with Crippen molar-refractivity contribution in [2.24, 2.45) is 5.92 Å². The number of esters is 1. The molecule has 0 aromatic carbocycles. The minimum absolute atomic E-state index is 0.0587. The summed E-state index contributed by atoms with van der Waals surface area (Å²) in [6.07, 6.45) is -1.40. The monoisotopic (exact) mass is 325 g/mol. The van der Waals surface area contributed by atoms with Gasteiger partial charge in [-0.3, -0.25) is 9.59 Å². The molecular formula is C15H26F3NO3. The van der Waals surface area contributed by atoms with Gasteiger partial charge in [0, 0.05) is 18.9 Å². The van der Waals surface area contributed by atoms with Crippen LogP contribution in [0, 0.1) is 5.92 Å². The van der Waals surface area contributed by atoms with Crippen molar-refractivity contribution in [2.75, 3.05) is 6.61 Å². The summed E-state index contributed by atoms with van der Waals surface area (Å²) in [6.45, 7) is 4.61. The van der Waals surface area contributed by atoms with Crippen LogP contribution in [0.3, 0.4) is 0 Å². The zero-order valence-electron chi connectivity index (χ0n) is 13.5. The lowest BCUT2D eigenvalue weighted by Crippen LogP contribution is -2.32. The van der Waals surface area contributed by atoms with Gasteiger partial charge in [0.05, 0.1) is 0 Å². The fraction of sp³-hybridized carbons (Fsp3) is 0.867. The molecule has 0 spiro atoms. The van der Waals surface area contributed by atoms with Gasteiger partial charge < -0.3 is 10.1 Å². The van der Waals surface area contributed by atoms with E-state index in [1.54, 1.807) is 0 Å². The number of amides is 1. The SMILES string of the molecule is CC(C)CCC[C@@H](C)NC(=O)CCCC(=O)OCC(F)(F)F. The fourth-order valence-corrected chi connectivity index (χ4v) is 1.88. The summed E-state index contributed by atoms with van der Waals surface area (Å²) >= 11 is 0. The Hall–Kier alpha value is -1.27. The summed E-state index contributed by atoms with van der Waals surface area (Å²) in [7, 11) is 0. The topological polar surface area (TPSA) is 55.4 Å². The summed E-state index contributed by atoms with van der Waals surface area (Å²) in [5, 5.41) is 2.81. The van der Waals surface area contributed by atoms with Crippen molar-refractivity contribution < 1.29 is 27.5 Å². The Kier molecular flexibility index (Phi) is 9.85. The second-order valence-corrected chi connectivity index (χ2v) is 5.92. The number of nitrogens with one attached hydrogen (secondary N) is 1. The predicted octanol–water partition coefficient (Wildman–Crippen LogP) is 3.59. The number of alkyl halides is 3. The highest BCUT2D eigenvalue weighted by Gasteiger charge is 2.29. The molecule has 0 aromatic rings. The lowest BCUT2D eigenvalue weighted by atomic mass is 10.0. The Morgan fingerprint density at radius 2 is 1.68 bits per heavy atom. The van der Waals surface area contributed by atoms with Crippen LogP contribution in [0.15, 0.2) is 0 Å². The summed E-state index contributed by atoms with van der Waals surface area (Å²) in [5.74, 6) is -0.499. The molecule has 0 aliphatic rings. The first-order valence-electron chi connectivity index (χ1n) is 7.62. The Morgan fingerprint density at radius 3 is 2.23 bits per heavy atom. The van der Waals surface area contributed by atoms with Gasteiger partial charge in [-0.2, -0.15) is 13.2 Å². The predicted molar refractivity (Wildman–Crippen MR) is 77.2 cm³/mol. The highest BCUT2D eigenvalue weighted by atomic mass is 19.4. The van der Waals surface area contributed by atoms with Crippen molar-refractivity contribution in [3.05, 3.63) is 0 Å². The molecule has 0 saturated carbocycles. The molecule has 0 bridgehead atoms. The van der Waals surface area contributed by atoms with Crippen LogP contribution in [0.1, 0.15) is 59.3 Å². The van der Waals surface area contributed by atoms with Crippen LogP contribution in [0.2, 0.25) is 0 Å². The van der Waals surface area contributed by atoms with Crippen molar-refractivity contribution >= 4 is 11.9 Å². The highest BCUT2D eigenvalue weighted by Crippen LogP contribution is 2.15. The minimum Gasteiger partial charge on any atom is -0.456 e. The lowest BCUT2D eigenvalue weighted by molar-refractivity contribution is -0.186. The van der Waals surface area contributed by atoms with E-state index in [9.17, 15) is 22.8 Å². The molecule has 0 heterocycles. The molecular weight excluding hydrogens is 299 g/mol. The van der Waals surface area contributed by atoms with Gasteiger partial charge >= 0.3 is 12.1 Å². The lowest BCUT2D eigenvalue weighted by Gasteiger charge is -2.14. The van der Waals surface area contributed by atoms with E-state index in [-0.39, 0.29) is 31.2 Å². The summed E-state index contributed by atoms with van der Waals surface area (Å²) < 4.78 is 39.5. The van der Waals surface area contributed by atoms with E-state index < -0.39 is 18.8 Å². The maximum absolute atomic E-state index is 11.8. The van der Waals surface area contributed by atoms with Gasteiger partial charge in [-0.05, 0) is 25.7 Å². The number of halogens is 3. The van der Waals surface area contributed by atoms with Crippen molar-refractivity contribution in [1.29, 1.82) is 0 Å². The van der Waals surface area contributed by atoms with E-state index in [0.717, 1.165) is 19.3 Å². The zero-order valence-corrected chi connectivity index (χ0v) is 13.5. The van der Waals surface area contributed by atoms with Crippen LogP contribution in [-0.2, 0) is 14.3 Å². The van der Waals surface area contributed by atoms with Crippen LogP contribution in [-0.4, -0.2) is 30.7 Å². The molecule has 130 valence electrons. The Balaban J connectivity index is 3.70. The maximum atomic E-state index is 11.8. The Labute approximate surface area is 129 Å². The van der Waals surface area contributed by atoms with Crippen molar-refractivity contribution in [3.8, 4) is 0 Å². The molecule has 0 aliphatic heterocycles. The molecule has 4 nitrogen and oxygen atoms in total. The number of hydrogen-bond acceptors (Lipinski definition) is 3. The minimum atomic E-state index is -4.52. The van der Waals surface area contributed by atoms with Gasteiger partial charge in [-0.1, -0.05) is 26.7 Å². The van der Waals surface area contributed by atoms with Crippen molar-refractivity contribution in [1.82, 2.24) is 5.32 Å². The molecule has 22 heavy (non-hydrogen) atoms. The summed E-state index contributed by atoms with van der Waals surface area (Å²) in [4.78, 5) is 22.7. The normalized spacial score (nSPS) is 13.0. The highest BCUT2D eigenvalue weighted by molar-refractivity contribution is 5.77. The molecule has 0 fully saturated rings. The third-order valence-corrected chi connectivity index (χ3v) is 3.01. The molecule has 0 rings (SSSR count). The second kappa shape index (κ2) is 10.5. The zero-order chi connectivity index (χ0) is 17.2. The standard InChI is InChI=1S/C15H26F3NO3/c1-11(2)6-4-7-12(3)19-13(20)8-5-9-14(21)22-10-15(16,17)18/h11-12H,4-10H2,1-3H3,(H,19,20)/t12-/m1/s1. The van der Waals surface area contributed by atoms with E-state index in [1.807, 2.05) is 6.92 Å². The van der Waals surface area contributed by atoms with Crippen molar-refractivity contribution in [2.45, 2.75) is 71.5 Å². The first-order valence-corrected chi connectivity index (χ1v) is 7.62. The molecule has 1 atom stereocenters. The second-order valence-electron chi connectivity index (χ2n) is 5.92. The quantitative estimate of drug-likeness (QED) is 0.625. The van der Waals surface area contributed by atoms with Crippen molar-refractivity contribution in [3.63, 3.8) is 0 Å². The Bertz CT molecular complexity index is 343. The van der Waals surface area contributed by atoms with Gasteiger partial charge in [0.25, 0.3) is 0 Å². The van der Waals surface area contributed by atoms with E-state index >= 15 is 0 Å². The van der Waals surface area contributed by atoms with E-state index in [2.05, 4.69) is 23.9 Å². The molecule has 0 aromatic heterocycles. The van der Waals surface area contributed by atoms with Crippen LogP contribution in [0.25, 0.3) is 0 Å². The first kappa shape index (κ1) is 20.7. The number of hydrogen-bond donors (Lipinski definition) is 1. The van der Waals surface area contributed by atoms with Gasteiger partial charge in [0.1, 0.15) is 0 Å². The molecule has 0 aliphatic carbocycles. The maximum Gasteiger partial charge on any atom is 0.422 e. The number of rotatable bonds is 10. The number of ether oxygens (including phenoxy) is 1. The first-order chi connectivity index (χ1) is 10.1. The van der Waals surface area contributed by atoms with Crippen LogP contribution in [0.5, 0.6) is 0 Å². The molecule has 0 saturated heterocycles. The average molecular weight is 325 g/mol. The largest absolute Gasteiger partial charge is 0.456 e. The Morgan fingerprint density at radius 1 is 1.05 bits per heavy atom. The summed E-state index contributed by atoms with van der Waals surface area (Å²) in [5.41, 5.74) is 0. The van der Waals surface area contributed by atoms with Gasteiger partial charge in [0.15, 0.2) is 6.61 Å². The van der Waals surface area contributed by atoms with Gasteiger partial charge in [-0.25, -0.2) is 0 Å². The summed E-state index contributed by atoms with van der Waals surface area (Å²) in [6, 6.07) is 0.0587. The smallest absolute Gasteiger partial charge is 0.422 e. The van der Waals surface area contributed by atoms with Crippen LogP contribution in [0.4, 0.5) is 13.2 Å². The average Bonchev–Trinajstić information content (AvgIpc) is 2.35.